The molecule has 0 radical (unpaired) electrons. The van der Waals surface area contributed by atoms with Crippen molar-refractivity contribution < 1.29 is 5.11 Å². The highest BCUT2D eigenvalue weighted by Crippen LogP contribution is 2.19. The Morgan fingerprint density at radius 2 is 2.14 bits per heavy atom. The lowest BCUT2D eigenvalue weighted by Gasteiger charge is -2.06. The molecule has 0 aromatic carbocycles. The molecule has 2 nitrogen and oxygen atoms in total. The zero-order valence-corrected chi connectivity index (χ0v) is 9.59. The number of hydrogen-bond donors (Lipinski definition) is 1. The van der Waals surface area contributed by atoms with Crippen LogP contribution in [0.5, 0.6) is 0 Å². The van der Waals surface area contributed by atoms with Gasteiger partial charge in [-0.3, -0.25) is 0 Å². The van der Waals surface area contributed by atoms with E-state index in [0.29, 0.717) is 0 Å². The number of aliphatic hydroxyl groups excluding tert-OH is 1. The van der Waals surface area contributed by atoms with Crippen LogP contribution in [0, 0.1) is 0 Å². The summed E-state index contributed by atoms with van der Waals surface area (Å²) in [6.07, 6.45) is 6.73. The first-order valence-corrected chi connectivity index (χ1v) is 6.35. The molecule has 3 heteroatoms. The molecule has 1 atom stereocenters. The predicted octanol–water partition coefficient (Wildman–Crippen LogP) is 3.54. The summed E-state index contributed by atoms with van der Waals surface area (Å²) >= 11 is 1.54. The summed E-state index contributed by atoms with van der Waals surface area (Å²) in [4.78, 5) is 4.10. The molecule has 1 rings (SSSR count). The second kappa shape index (κ2) is 6.96. The van der Waals surface area contributed by atoms with E-state index in [1.807, 2.05) is 5.38 Å². The number of rotatable bonds is 7. The van der Waals surface area contributed by atoms with E-state index in [-0.39, 0.29) is 6.10 Å². The Bertz CT molecular complexity index is 223. The van der Waals surface area contributed by atoms with Gasteiger partial charge in [-0.25, -0.2) is 4.98 Å². The highest BCUT2D eigenvalue weighted by Gasteiger charge is 2.08. The van der Waals surface area contributed by atoms with Crippen LogP contribution in [0.15, 0.2) is 10.9 Å². The Hall–Kier alpha value is -0.410. The lowest BCUT2D eigenvalue weighted by Crippen LogP contribution is -1.97. The van der Waals surface area contributed by atoms with Gasteiger partial charge in [-0.2, -0.15) is 0 Å². The van der Waals surface area contributed by atoms with Gasteiger partial charge in [-0.15, -0.1) is 11.3 Å². The van der Waals surface area contributed by atoms with Gasteiger partial charge in [0.2, 0.25) is 0 Å². The van der Waals surface area contributed by atoms with E-state index in [0.717, 1.165) is 18.5 Å². The summed E-state index contributed by atoms with van der Waals surface area (Å²) in [5, 5.41) is 11.6. The molecule has 0 fully saturated rings. The van der Waals surface area contributed by atoms with Crippen LogP contribution >= 0.6 is 11.3 Å². The normalized spacial score (nSPS) is 13.0. The number of aromatic nitrogens is 1. The summed E-state index contributed by atoms with van der Waals surface area (Å²) in [5.41, 5.74) is 2.61. The van der Waals surface area contributed by atoms with Gasteiger partial charge in [0.15, 0.2) is 0 Å². The van der Waals surface area contributed by atoms with Gasteiger partial charge in [0, 0.05) is 5.38 Å². The molecule has 80 valence electrons. The van der Waals surface area contributed by atoms with Gasteiger partial charge < -0.3 is 5.11 Å². The molecule has 1 aromatic heterocycles. The van der Waals surface area contributed by atoms with E-state index in [2.05, 4.69) is 11.9 Å². The summed E-state index contributed by atoms with van der Waals surface area (Å²) in [5.74, 6) is 0. The van der Waals surface area contributed by atoms with Crippen molar-refractivity contribution in [1.29, 1.82) is 0 Å². The first kappa shape index (κ1) is 11.7. The number of hydrogen-bond acceptors (Lipinski definition) is 3. The zero-order chi connectivity index (χ0) is 10.2. The average Bonchev–Trinajstić information content (AvgIpc) is 2.70. The minimum absolute atomic E-state index is 0.345. The largest absolute Gasteiger partial charge is 0.387 e. The summed E-state index contributed by atoms with van der Waals surface area (Å²) < 4.78 is 0. The van der Waals surface area contributed by atoms with E-state index >= 15 is 0 Å². The van der Waals surface area contributed by atoms with Gasteiger partial charge >= 0.3 is 0 Å². The zero-order valence-electron chi connectivity index (χ0n) is 8.78. The molecular formula is C11H19NOS. The van der Waals surface area contributed by atoms with Crippen LogP contribution in [-0.2, 0) is 0 Å². The highest BCUT2D eigenvalue weighted by atomic mass is 32.1. The summed E-state index contributed by atoms with van der Waals surface area (Å²) in [6.45, 7) is 2.21. The first-order valence-electron chi connectivity index (χ1n) is 5.40. The average molecular weight is 213 g/mol. The third-order valence-corrected chi connectivity index (χ3v) is 2.98. The summed E-state index contributed by atoms with van der Waals surface area (Å²) in [7, 11) is 0. The van der Waals surface area contributed by atoms with Gasteiger partial charge in [-0.1, -0.05) is 39.0 Å². The van der Waals surface area contributed by atoms with Crippen LogP contribution in [0.1, 0.15) is 57.2 Å². The van der Waals surface area contributed by atoms with Crippen molar-refractivity contribution in [3.05, 3.63) is 16.6 Å². The maximum atomic E-state index is 9.71. The second-order valence-electron chi connectivity index (χ2n) is 3.63. The molecule has 0 aliphatic rings. The fraction of sp³-hybridized carbons (Fsp3) is 0.727. The minimum Gasteiger partial charge on any atom is -0.387 e. The van der Waals surface area contributed by atoms with Crippen LogP contribution in [0.3, 0.4) is 0 Å². The molecule has 0 bridgehead atoms. The lowest BCUT2D eigenvalue weighted by atomic mass is 10.1. The van der Waals surface area contributed by atoms with E-state index in [1.54, 1.807) is 16.8 Å². The number of unbranched alkanes of at least 4 members (excludes halogenated alkanes) is 4. The quantitative estimate of drug-likeness (QED) is 0.703. The molecule has 0 saturated carbocycles. The Labute approximate surface area is 90.0 Å². The van der Waals surface area contributed by atoms with Crippen molar-refractivity contribution in [3.63, 3.8) is 0 Å². The third-order valence-electron chi connectivity index (χ3n) is 2.37. The standard InChI is InChI=1S/C11H19NOS/c1-2-3-4-5-6-7-11(13)10-8-14-9-12-10/h8-9,11,13H,2-7H2,1H3. The van der Waals surface area contributed by atoms with Crippen LogP contribution < -0.4 is 0 Å². The van der Waals surface area contributed by atoms with Crippen LogP contribution in [0.25, 0.3) is 0 Å². The lowest BCUT2D eigenvalue weighted by molar-refractivity contribution is 0.159. The molecule has 0 amide bonds. The number of aliphatic hydroxyl groups is 1. The van der Waals surface area contributed by atoms with Crippen molar-refractivity contribution in [1.82, 2.24) is 4.98 Å². The van der Waals surface area contributed by atoms with E-state index in [1.165, 1.54) is 25.7 Å². The maximum Gasteiger partial charge on any atom is 0.0968 e. The highest BCUT2D eigenvalue weighted by molar-refractivity contribution is 7.07. The molecule has 0 saturated heterocycles. The molecule has 1 aromatic rings. The second-order valence-corrected chi connectivity index (χ2v) is 4.35. The topological polar surface area (TPSA) is 33.1 Å². The van der Waals surface area contributed by atoms with E-state index in [9.17, 15) is 5.11 Å². The molecule has 0 spiro atoms. The number of nitrogens with zero attached hydrogens (tertiary/aromatic N) is 1. The summed E-state index contributed by atoms with van der Waals surface area (Å²) in [6, 6.07) is 0. The van der Waals surface area contributed by atoms with Crippen molar-refractivity contribution in [2.75, 3.05) is 0 Å². The van der Waals surface area contributed by atoms with Gasteiger partial charge in [0.05, 0.1) is 17.3 Å². The predicted molar refractivity (Wildman–Crippen MR) is 60.4 cm³/mol. The van der Waals surface area contributed by atoms with Crippen molar-refractivity contribution in [2.24, 2.45) is 0 Å². The Kier molecular flexibility index (Phi) is 5.80. The molecular weight excluding hydrogens is 194 g/mol. The Morgan fingerprint density at radius 1 is 1.36 bits per heavy atom. The fourth-order valence-electron chi connectivity index (χ4n) is 1.48. The fourth-order valence-corrected chi connectivity index (χ4v) is 2.08. The number of thiazole rings is 1. The van der Waals surface area contributed by atoms with Gasteiger partial charge in [-0.05, 0) is 6.42 Å². The SMILES string of the molecule is CCCCCCCC(O)c1cscn1. The van der Waals surface area contributed by atoms with Gasteiger partial charge in [0.1, 0.15) is 0 Å². The van der Waals surface area contributed by atoms with Crippen molar-refractivity contribution >= 4 is 11.3 Å². The van der Waals surface area contributed by atoms with Crippen LogP contribution in [-0.4, -0.2) is 10.1 Å². The molecule has 1 heterocycles. The minimum atomic E-state index is -0.345. The molecule has 1 N–H and O–H groups in total. The molecule has 0 aliphatic carbocycles. The first-order chi connectivity index (χ1) is 6.84. The van der Waals surface area contributed by atoms with Crippen molar-refractivity contribution in [3.8, 4) is 0 Å². The van der Waals surface area contributed by atoms with E-state index < -0.39 is 0 Å². The third kappa shape index (κ3) is 4.20. The van der Waals surface area contributed by atoms with E-state index in [4.69, 9.17) is 0 Å². The monoisotopic (exact) mass is 213 g/mol. The molecule has 14 heavy (non-hydrogen) atoms. The molecule has 0 aliphatic heterocycles. The smallest absolute Gasteiger partial charge is 0.0968 e. The van der Waals surface area contributed by atoms with Crippen molar-refractivity contribution in [2.45, 2.75) is 51.6 Å². The van der Waals surface area contributed by atoms with Crippen LogP contribution in [0.2, 0.25) is 0 Å². The van der Waals surface area contributed by atoms with Crippen LogP contribution in [0.4, 0.5) is 0 Å². The molecule has 1 unspecified atom stereocenters. The Morgan fingerprint density at radius 3 is 2.79 bits per heavy atom. The Balaban J connectivity index is 2.07. The maximum absolute atomic E-state index is 9.71. The van der Waals surface area contributed by atoms with Gasteiger partial charge in [0.25, 0.3) is 0 Å².